The van der Waals surface area contributed by atoms with Crippen LogP contribution in [-0.2, 0) is 67.1 Å². The molecule has 5 unspecified atom stereocenters. The Bertz CT molecular complexity index is 2620. The fourth-order valence-corrected chi connectivity index (χ4v) is 10.6. The number of nitrogens with zero attached hydrogens (tertiary/aromatic N) is 3. The molecular formula is C58H95N13O15. The Morgan fingerprint density at radius 2 is 1.00 bits per heavy atom. The summed E-state index contributed by atoms with van der Waals surface area (Å²) in [6.07, 6.45) is 5.33. The van der Waals surface area contributed by atoms with Crippen LogP contribution in [0.15, 0.2) is 0 Å². The van der Waals surface area contributed by atoms with E-state index in [1.807, 2.05) is 13.8 Å². The lowest BCUT2D eigenvalue weighted by molar-refractivity contribution is -0.151. The first-order valence-electron chi connectivity index (χ1n) is 30.0. The Balaban J connectivity index is 1.27. The first-order valence-corrected chi connectivity index (χ1v) is 30.0. The van der Waals surface area contributed by atoms with Gasteiger partial charge in [0.2, 0.25) is 76.8 Å². The second-order valence-corrected chi connectivity index (χ2v) is 26.0. The van der Waals surface area contributed by atoms with E-state index in [1.165, 1.54) is 70.1 Å². The number of hydrogen-bond acceptors (Lipinski definition) is 14. The number of carboxylic acid groups (broad SMARTS) is 1. The molecule has 13 amide bonds. The Hall–Kier alpha value is -7.42. The van der Waals surface area contributed by atoms with E-state index < -0.39 is 147 Å². The van der Waals surface area contributed by atoms with Crippen LogP contribution in [0.25, 0.3) is 0 Å². The van der Waals surface area contributed by atoms with Crippen LogP contribution in [-0.4, -0.2) is 199 Å². The van der Waals surface area contributed by atoms with Gasteiger partial charge in [0.05, 0.1) is 6.54 Å². The minimum Gasteiger partial charge on any atom is -0.480 e. The van der Waals surface area contributed by atoms with E-state index in [4.69, 9.17) is 5.11 Å². The zero-order valence-corrected chi connectivity index (χ0v) is 52.5. The molecule has 3 aliphatic heterocycles. The SMILES string of the molecule is CCC(C)(NC(=O)C1CCCCN1C(=O)C(C)(C)NC(=O)C1CCCCN1C(C)=O)C(=O)NC(C)(C)C(=O)NC(CC(C)C)C(=O)NCCC(=O)NCC(=O)NC1(C(=O)NC(C)(C)C(=O)N2CCCCC2C(=O)NC(C)(C)C(=O)NCC(=O)O)CC1. The summed E-state index contributed by atoms with van der Waals surface area (Å²) in [5.41, 5.74) is -9.13. The number of carbonyl (C=O) groups excluding carboxylic acids is 13. The third kappa shape index (κ3) is 19.0. The van der Waals surface area contributed by atoms with E-state index >= 15 is 0 Å². The third-order valence-corrected chi connectivity index (χ3v) is 16.3. The largest absolute Gasteiger partial charge is 0.480 e. The van der Waals surface area contributed by atoms with Gasteiger partial charge >= 0.3 is 5.97 Å². The van der Waals surface area contributed by atoms with Crippen LogP contribution >= 0.6 is 0 Å². The summed E-state index contributed by atoms with van der Waals surface area (Å²) in [4.78, 5) is 191. The van der Waals surface area contributed by atoms with Gasteiger partial charge in [-0.05, 0) is 152 Å². The summed E-state index contributed by atoms with van der Waals surface area (Å²) in [5.74, 6) is -9.20. The van der Waals surface area contributed by atoms with Crippen molar-refractivity contribution in [1.82, 2.24) is 67.9 Å². The molecule has 4 aliphatic rings. The first-order chi connectivity index (χ1) is 39.8. The van der Waals surface area contributed by atoms with Crippen molar-refractivity contribution in [2.75, 3.05) is 39.3 Å². The second kappa shape index (κ2) is 29.3. The van der Waals surface area contributed by atoms with Gasteiger partial charge in [-0.15, -0.1) is 0 Å². The van der Waals surface area contributed by atoms with Crippen molar-refractivity contribution >= 4 is 82.8 Å². The van der Waals surface area contributed by atoms with E-state index in [9.17, 15) is 67.1 Å². The maximum atomic E-state index is 14.2. The lowest BCUT2D eigenvalue weighted by atomic mass is 9.91. The van der Waals surface area contributed by atoms with E-state index in [-0.39, 0.29) is 76.4 Å². The highest BCUT2D eigenvalue weighted by molar-refractivity contribution is 6.02. The zero-order chi connectivity index (χ0) is 64.9. The lowest BCUT2D eigenvalue weighted by Crippen LogP contribution is -2.67. The second-order valence-electron chi connectivity index (χ2n) is 26.0. The molecule has 1 aliphatic carbocycles. The molecule has 28 nitrogen and oxygen atoms in total. The number of hydrogen-bond donors (Lipinski definition) is 11. The van der Waals surface area contributed by atoms with Crippen LogP contribution in [0.3, 0.4) is 0 Å². The van der Waals surface area contributed by atoms with Crippen LogP contribution < -0.4 is 53.2 Å². The summed E-state index contributed by atoms with van der Waals surface area (Å²) in [5, 5.41) is 35.3. The highest BCUT2D eigenvalue weighted by atomic mass is 16.4. The maximum Gasteiger partial charge on any atom is 0.322 e. The summed E-state index contributed by atoms with van der Waals surface area (Å²) < 4.78 is 0. The monoisotopic (exact) mass is 1210 g/mol. The Morgan fingerprint density at radius 3 is 1.48 bits per heavy atom. The van der Waals surface area contributed by atoms with Gasteiger partial charge in [-0.1, -0.05) is 20.8 Å². The molecule has 11 N–H and O–H groups in total. The van der Waals surface area contributed by atoms with Crippen LogP contribution in [0.5, 0.6) is 0 Å². The highest BCUT2D eigenvalue weighted by Crippen LogP contribution is 2.36. The van der Waals surface area contributed by atoms with Crippen molar-refractivity contribution in [3.8, 4) is 0 Å². The van der Waals surface area contributed by atoms with Crippen molar-refractivity contribution in [3.05, 3.63) is 0 Å². The maximum absolute atomic E-state index is 14.2. The smallest absolute Gasteiger partial charge is 0.322 e. The minimum absolute atomic E-state index is 0.0766. The van der Waals surface area contributed by atoms with E-state index in [0.29, 0.717) is 38.6 Å². The van der Waals surface area contributed by atoms with Crippen molar-refractivity contribution in [2.24, 2.45) is 5.92 Å². The molecule has 0 aromatic rings. The van der Waals surface area contributed by atoms with E-state index in [0.717, 1.165) is 12.8 Å². The van der Waals surface area contributed by atoms with E-state index in [1.54, 1.807) is 20.8 Å². The molecule has 0 aromatic carbocycles. The summed E-state index contributed by atoms with van der Waals surface area (Å²) in [7, 11) is 0. The van der Waals surface area contributed by atoms with Crippen LogP contribution in [0.2, 0.25) is 0 Å². The zero-order valence-electron chi connectivity index (χ0n) is 52.5. The molecule has 4 fully saturated rings. The average Bonchev–Trinajstić information content (AvgIpc) is 1.82. The Morgan fingerprint density at radius 1 is 0.535 bits per heavy atom. The summed E-state index contributed by atoms with van der Waals surface area (Å²) in [6, 6.07) is -3.83. The van der Waals surface area contributed by atoms with Gasteiger partial charge in [0.15, 0.2) is 0 Å². The molecule has 3 saturated heterocycles. The topological polar surface area (TPSA) is 389 Å². The number of rotatable bonds is 27. The molecule has 4 rings (SSSR count). The van der Waals surface area contributed by atoms with Crippen LogP contribution in [0.1, 0.15) is 180 Å². The van der Waals surface area contributed by atoms with Gasteiger partial charge in [0, 0.05) is 39.5 Å². The fourth-order valence-electron chi connectivity index (χ4n) is 10.6. The highest BCUT2D eigenvalue weighted by Gasteiger charge is 2.54. The summed E-state index contributed by atoms with van der Waals surface area (Å²) in [6.45, 7) is 19.4. The lowest BCUT2D eigenvalue weighted by Gasteiger charge is -2.42. The van der Waals surface area contributed by atoms with Crippen molar-refractivity contribution in [2.45, 2.75) is 237 Å². The van der Waals surface area contributed by atoms with Crippen LogP contribution in [0, 0.1) is 5.92 Å². The molecule has 0 radical (unpaired) electrons. The third-order valence-electron chi connectivity index (χ3n) is 16.3. The molecule has 0 spiro atoms. The molecular weight excluding hydrogens is 1120 g/mol. The van der Waals surface area contributed by atoms with Crippen molar-refractivity contribution in [3.63, 3.8) is 0 Å². The molecule has 5 atom stereocenters. The molecule has 28 heteroatoms. The first kappa shape index (κ1) is 71.1. The van der Waals surface area contributed by atoms with Gasteiger partial charge < -0.3 is 73.0 Å². The van der Waals surface area contributed by atoms with Crippen molar-refractivity contribution in [1.29, 1.82) is 0 Å². The normalized spacial score (nSPS) is 19.8. The predicted octanol–water partition coefficient (Wildman–Crippen LogP) is -0.983. The fraction of sp³-hybridized carbons (Fsp3) is 0.759. The number of amides is 13. The molecule has 86 heavy (non-hydrogen) atoms. The molecule has 3 heterocycles. The number of carboxylic acids is 1. The van der Waals surface area contributed by atoms with Gasteiger partial charge in [0.25, 0.3) is 0 Å². The van der Waals surface area contributed by atoms with E-state index in [2.05, 4.69) is 53.2 Å². The molecule has 0 bridgehead atoms. The number of nitrogens with one attached hydrogen (secondary N) is 10. The quantitative estimate of drug-likeness (QED) is 0.0471. The Labute approximate surface area is 503 Å². The summed E-state index contributed by atoms with van der Waals surface area (Å²) >= 11 is 0. The Kier molecular flexibility index (Phi) is 24.2. The average molecular weight is 1210 g/mol. The predicted molar refractivity (Wildman–Crippen MR) is 312 cm³/mol. The van der Waals surface area contributed by atoms with Gasteiger partial charge in [-0.3, -0.25) is 67.1 Å². The molecule has 1 saturated carbocycles. The van der Waals surface area contributed by atoms with Gasteiger partial charge in [-0.25, -0.2) is 0 Å². The standard InChI is InChI=1S/C58H95N13O15/c1-14-57(13,66-46(80)39-23-17-20-30-71(39)51(85)55(9,10)65-44(78)37-21-15-18-28-69(37)35(4)72)49(83)67-54(7,8)48(82)62-36(31-34(2)3)43(77)59-27-24-40(73)60-32-41(74)63-58(25-26-58)50(84)68-56(11,12)52(86)70-29-19-16-22-38(70)45(79)64-53(5,6)47(81)61-33-42(75)76/h34,36-39H,14-33H2,1-13H3,(H,59,77)(H,60,73)(H,61,81)(H,62,82)(H,63,74)(H,64,79)(H,65,78)(H,66,80)(H,67,83)(H,68,84)(H,75,76). The van der Waals surface area contributed by atoms with Crippen LogP contribution in [0.4, 0.5) is 0 Å². The van der Waals surface area contributed by atoms with Gasteiger partial charge in [-0.2, -0.15) is 0 Å². The molecule has 482 valence electrons. The number of aliphatic carboxylic acids is 1. The van der Waals surface area contributed by atoms with Crippen molar-refractivity contribution < 1.29 is 72.2 Å². The molecule has 0 aromatic heterocycles. The number of piperidine rings is 3. The number of carbonyl (C=O) groups is 14. The minimum atomic E-state index is -1.64. The van der Waals surface area contributed by atoms with Gasteiger partial charge in [0.1, 0.15) is 63.9 Å². The number of likely N-dealkylation sites (tertiary alicyclic amines) is 3.